The highest BCUT2D eigenvalue weighted by molar-refractivity contribution is 7.19. The number of benzene rings is 1. The van der Waals surface area contributed by atoms with Crippen molar-refractivity contribution in [3.8, 4) is 0 Å². The van der Waals surface area contributed by atoms with Crippen LogP contribution in [0.25, 0.3) is 10.1 Å². The van der Waals surface area contributed by atoms with Gasteiger partial charge in [-0.25, -0.2) is 4.39 Å². The Balaban J connectivity index is 1.85. The Morgan fingerprint density at radius 2 is 2.14 bits per heavy atom. The van der Waals surface area contributed by atoms with Crippen LogP contribution in [0, 0.1) is 5.82 Å². The van der Waals surface area contributed by atoms with Crippen LogP contribution in [0.15, 0.2) is 30.3 Å². The smallest absolute Gasteiger partial charge is 0.123 e. The zero-order chi connectivity index (χ0) is 15.0. The maximum atomic E-state index is 13.2. The van der Waals surface area contributed by atoms with Gasteiger partial charge in [-0.1, -0.05) is 6.92 Å². The SMILES string of the molecule is CCc1cc(CC(O)c2cc3cc(F)ccc3s2)n(C)n1. The second-order valence-corrected chi connectivity index (χ2v) is 6.27. The minimum absolute atomic E-state index is 0.249. The molecule has 1 N–H and O–H groups in total. The molecule has 0 saturated heterocycles. The summed E-state index contributed by atoms with van der Waals surface area (Å²) in [5, 5.41) is 15.7. The fourth-order valence-corrected chi connectivity index (χ4v) is 3.46. The van der Waals surface area contributed by atoms with Gasteiger partial charge in [0.05, 0.1) is 11.8 Å². The van der Waals surface area contributed by atoms with Crippen LogP contribution in [0.2, 0.25) is 0 Å². The molecule has 2 aromatic heterocycles. The first-order chi connectivity index (χ1) is 10.1. The van der Waals surface area contributed by atoms with Crippen molar-refractivity contribution in [1.29, 1.82) is 0 Å². The number of hydrogen-bond donors (Lipinski definition) is 1. The number of rotatable bonds is 4. The summed E-state index contributed by atoms with van der Waals surface area (Å²) in [5.74, 6) is -0.249. The van der Waals surface area contributed by atoms with Crippen molar-refractivity contribution in [3.05, 3.63) is 52.4 Å². The number of thiophene rings is 1. The maximum absolute atomic E-state index is 13.2. The quantitative estimate of drug-likeness (QED) is 0.799. The van der Waals surface area contributed by atoms with Gasteiger partial charge in [-0.15, -0.1) is 11.3 Å². The van der Waals surface area contributed by atoms with E-state index in [1.807, 2.05) is 23.9 Å². The summed E-state index contributed by atoms with van der Waals surface area (Å²) in [6.07, 6.45) is 0.802. The van der Waals surface area contributed by atoms with Gasteiger partial charge in [0.15, 0.2) is 0 Å². The Morgan fingerprint density at radius 3 is 2.86 bits per heavy atom. The zero-order valence-electron chi connectivity index (χ0n) is 12.0. The average molecular weight is 304 g/mol. The first-order valence-electron chi connectivity index (χ1n) is 6.95. The van der Waals surface area contributed by atoms with Crippen molar-refractivity contribution in [2.45, 2.75) is 25.9 Å². The van der Waals surface area contributed by atoms with E-state index in [0.717, 1.165) is 32.8 Å². The van der Waals surface area contributed by atoms with Crippen LogP contribution in [-0.4, -0.2) is 14.9 Å². The van der Waals surface area contributed by atoms with Gasteiger partial charge < -0.3 is 5.11 Å². The lowest BCUT2D eigenvalue weighted by molar-refractivity contribution is 0.179. The van der Waals surface area contributed by atoms with E-state index in [2.05, 4.69) is 12.0 Å². The van der Waals surface area contributed by atoms with Crippen LogP contribution in [0.3, 0.4) is 0 Å². The van der Waals surface area contributed by atoms with Gasteiger partial charge in [-0.2, -0.15) is 5.10 Å². The Morgan fingerprint density at radius 1 is 1.33 bits per heavy atom. The van der Waals surface area contributed by atoms with E-state index in [9.17, 15) is 9.50 Å². The molecule has 0 aliphatic rings. The largest absolute Gasteiger partial charge is 0.387 e. The second-order valence-electron chi connectivity index (χ2n) is 5.16. The van der Waals surface area contributed by atoms with Gasteiger partial charge in [-0.05, 0) is 42.1 Å². The minimum atomic E-state index is -0.592. The van der Waals surface area contributed by atoms with Crippen molar-refractivity contribution in [3.63, 3.8) is 0 Å². The summed E-state index contributed by atoms with van der Waals surface area (Å²) < 4.78 is 16.0. The highest BCUT2D eigenvalue weighted by atomic mass is 32.1. The molecule has 0 bridgehead atoms. The molecule has 0 spiro atoms. The van der Waals surface area contributed by atoms with Gasteiger partial charge in [0.25, 0.3) is 0 Å². The number of aliphatic hydroxyl groups is 1. The van der Waals surface area contributed by atoms with E-state index in [1.165, 1.54) is 23.5 Å². The van der Waals surface area contributed by atoms with E-state index < -0.39 is 6.10 Å². The van der Waals surface area contributed by atoms with E-state index in [-0.39, 0.29) is 5.82 Å². The molecule has 0 amide bonds. The summed E-state index contributed by atoms with van der Waals surface area (Å²) in [5.41, 5.74) is 2.03. The number of nitrogens with zero attached hydrogens (tertiary/aromatic N) is 2. The van der Waals surface area contributed by atoms with Gasteiger partial charge in [0.1, 0.15) is 5.82 Å². The van der Waals surface area contributed by atoms with Crippen LogP contribution in [0.1, 0.15) is 29.3 Å². The predicted octanol–water partition coefficient (Wildman–Crippen LogP) is 3.61. The maximum Gasteiger partial charge on any atom is 0.123 e. The third-order valence-electron chi connectivity index (χ3n) is 3.62. The van der Waals surface area contributed by atoms with Crippen molar-refractivity contribution < 1.29 is 9.50 Å². The molecule has 0 radical (unpaired) electrons. The van der Waals surface area contributed by atoms with Crippen LogP contribution in [0.5, 0.6) is 0 Å². The van der Waals surface area contributed by atoms with Crippen molar-refractivity contribution in [2.75, 3.05) is 0 Å². The summed E-state index contributed by atoms with van der Waals surface area (Å²) in [4.78, 5) is 0.856. The third kappa shape index (κ3) is 2.84. The molecule has 3 nitrogen and oxygen atoms in total. The van der Waals surface area contributed by atoms with Gasteiger partial charge in [0.2, 0.25) is 0 Å². The Bertz CT molecular complexity index is 778. The highest BCUT2D eigenvalue weighted by Gasteiger charge is 2.15. The number of aromatic nitrogens is 2. The van der Waals surface area contributed by atoms with Crippen molar-refractivity contribution in [2.24, 2.45) is 7.05 Å². The molecule has 0 aliphatic heterocycles. The first kappa shape index (κ1) is 14.2. The molecular formula is C16H17FN2OS. The summed E-state index contributed by atoms with van der Waals surface area (Å²) >= 11 is 1.51. The molecule has 0 saturated carbocycles. The van der Waals surface area contributed by atoms with Crippen LogP contribution in [-0.2, 0) is 19.9 Å². The molecule has 21 heavy (non-hydrogen) atoms. The Hall–Kier alpha value is -1.72. The minimum Gasteiger partial charge on any atom is -0.387 e. The second kappa shape index (κ2) is 5.58. The lowest BCUT2D eigenvalue weighted by atomic mass is 10.1. The molecular weight excluding hydrogens is 287 g/mol. The van der Waals surface area contributed by atoms with Gasteiger partial charge >= 0.3 is 0 Å². The van der Waals surface area contributed by atoms with Gasteiger partial charge in [0, 0.05) is 28.7 Å². The van der Waals surface area contributed by atoms with Crippen molar-refractivity contribution >= 4 is 21.4 Å². The predicted molar refractivity (Wildman–Crippen MR) is 83.0 cm³/mol. The van der Waals surface area contributed by atoms with E-state index in [1.54, 1.807) is 6.07 Å². The Kier molecular flexibility index (Phi) is 3.78. The fourth-order valence-electron chi connectivity index (χ4n) is 2.43. The zero-order valence-corrected chi connectivity index (χ0v) is 12.8. The van der Waals surface area contributed by atoms with Gasteiger partial charge in [-0.3, -0.25) is 4.68 Å². The molecule has 0 aliphatic carbocycles. The third-order valence-corrected chi connectivity index (χ3v) is 4.84. The lowest BCUT2D eigenvalue weighted by Crippen LogP contribution is -2.05. The molecule has 110 valence electrons. The summed E-state index contributed by atoms with van der Waals surface area (Å²) in [6, 6.07) is 8.59. The normalized spacial score (nSPS) is 13.0. The van der Waals surface area contributed by atoms with Crippen LogP contribution in [0.4, 0.5) is 4.39 Å². The molecule has 2 heterocycles. The highest BCUT2D eigenvalue weighted by Crippen LogP contribution is 2.32. The number of fused-ring (bicyclic) bond motifs is 1. The standard InChI is InChI=1S/C16H17FN2OS/c1-3-12-8-13(19(2)18-12)9-14(20)16-7-10-6-11(17)4-5-15(10)21-16/h4-8,14,20H,3,9H2,1-2H3. The number of hydrogen-bond acceptors (Lipinski definition) is 3. The van der Waals surface area contributed by atoms with Crippen LogP contribution >= 0.6 is 11.3 Å². The molecule has 1 atom stereocenters. The monoisotopic (exact) mass is 304 g/mol. The molecule has 5 heteroatoms. The molecule has 3 rings (SSSR count). The number of aryl methyl sites for hydroxylation is 2. The summed E-state index contributed by atoms with van der Waals surface area (Å²) in [6.45, 7) is 2.06. The van der Waals surface area contributed by atoms with E-state index >= 15 is 0 Å². The summed E-state index contributed by atoms with van der Waals surface area (Å²) in [7, 11) is 1.89. The first-order valence-corrected chi connectivity index (χ1v) is 7.77. The number of halogens is 1. The number of aliphatic hydroxyl groups excluding tert-OH is 1. The van der Waals surface area contributed by atoms with Crippen LogP contribution < -0.4 is 0 Å². The topological polar surface area (TPSA) is 38.0 Å². The fraction of sp³-hybridized carbons (Fsp3) is 0.312. The Labute approximate surface area is 126 Å². The lowest BCUT2D eigenvalue weighted by Gasteiger charge is -2.08. The molecule has 1 unspecified atom stereocenters. The average Bonchev–Trinajstić information content (AvgIpc) is 3.02. The van der Waals surface area contributed by atoms with E-state index in [0.29, 0.717) is 6.42 Å². The van der Waals surface area contributed by atoms with Crippen molar-refractivity contribution in [1.82, 2.24) is 9.78 Å². The van der Waals surface area contributed by atoms with E-state index in [4.69, 9.17) is 0 Å². The molecule has 1 aromatic carbocycles. The molecule has 0 fully saturated rings. The molecule has 3 aromatic rings.